The van der Waals surface area contributed by atoms with Gasteiger partial charge >= 0.3 is 0 Å². The third-order valence-electron chi connectivity index (χ3n) is 5.33. The Morgan fingerprint density at radius 1 is 1.06 bits per heavy atom. The van der Waals surface area contributed by atoms with E-state index in [1.165, 1.54) is 0 Å². The predicted octanol–water partition coefficient (Wildman–Crippen LogP) is 4.39. The van der Waals surface area contributed by atoms with Gasteiger partial charge in [-0.15, -0.1) is 0 Å². The summed E-state index contributed by atoms with van der Waals surface area (Å²) >= 11 is 0. The van der Waals surface area contributed by atoms with E-state index >= 15 is 0 Å². The standard InChI is InChI=1S/C25H22N2O4/c1-16-22(7-4-12-26-16)31-24-15-30-23-11-10-19(13-20(23)25(24)28)29-14-18-9-8-17-5-2-3-6-21(17)27-18/h2-13,24-25,28H,14-15H2,1H3. The first-order valence-corrected chi connectivity index (χ1v) is 10.2. The topological polar surface area (TPSA) is 73.7 Å². The van der Waals surface area contributed by atoms with E-state index in [1.807, 2.05) is 61.5 Å². The highest BCUT2D eigenvalue weighted by Crippen LogP contribution is 2.37. The predicted molar refractivity (Wildman–Crippen MR) is 116 cm³/mol. The minimum atomic E-state index is -0.842. The number of fused-ring (bicyclic) bond motifs is 2. The maximum Gasteiger partial charge on any atom is 0.163 e. The molecular formula is C25H22N2O4. The van der Waals surface area contributed by atoms with E-state index < -0.39 is 12.2 Å². The molecule has 0 radical (unpaired) electrons. The first kappa shape index (κ1) is 19.3. The van der Waals surface area contributed by atoms with Crippen LogP contribution in [0.1, 0.15) is 23.1 Å². The van der Waals surface area contributed by atoms with Gasteiger partial charge in [0.05, 0.1) is 16.9 Å². The van der Waals surface area contributed by atoms with Crippen LogP contribution in [0.15, 0.2) is 72.9 Å². The second-order valence-corrected chi connectivity index (χ2v) is 7.48. The molecule has 2 unspecified atom stereocenters. The van der Waals surface area contributed by atoms with Crippen molar-refractivity contribution >= 4 is 10.9 Å². The van der Waals surface area contributed by atoms with E-state index in [9.17, 15) is 5.11 Å². The number of hydrogen-bond donors (Lipinski definition) is 1. The maximum absolute atomic E-state index is 10.9. The molecule has 2 aromatic carbocycles. The Bertz CT molecular complexity index is 1230. The molecule has 0 spiro atoms. The van der Waals surface area contributed by atoms with Crippen LogP contribution in [0.25, 0.3) is 10.9 Å². The molecule has 1 N–H and O–H groups in total. The lowest BCUT2D eigenvalue weighted by atomic mass is 10.0. The lowest BCUT2D eigenvalue weighted by Gasteiger charge is -2.31. The Hall–Kier alpha value is -3.64. The van der Waals surface area contributed by atoms with E-state index in [4.69, 9.17) is 14.2 Å². The second-order valence-electron chi connectivity index (χ2n) is 7.48. The Balaban J connectivity index is 1.31. The molecule has 4 aromatic rings. The molecule has 0 saturated heterocycles. The maximum atomic E-state index is 10.9. The molecule has 1 aliphatic rings. The van der Waals surface area contributed by atoms with Gasteiger partial charge in [-0.2, -0.15) is 0 Å². The van der Waals surface area contributed by atoms with Gasteiger partial charge in [0.1, 0.15) is 36.6 Å². The summed E-state index contributed by atoms with van der Waals surface area (Å²) in [6, 6.07) is 21.0. The molecule has 0 fully saturated rings. The molecular weight excluding hydrogens is 392 g/mol. The number of nitrogens with zero attached hydrogens (tertiary/aromatic N) is 2. The average molecular weight is 414 g/mol. The third kappa shape index (κ3) is 4.02. The van der Waals surface area contributed by atoms with E-state index in [2.05, 4.69) is 9.97 Å². The zero-order valence-corrected chi connectivity index (χ0v) is 17.1. The van der Waals surface area contributed by atoms with Crippen LogP contribution in [0.2, 0.25) is 0 Å². The number of aliphatic hydroxyl groups excluding tert-OH is 1. The summed E-state index contributed by atoms with van der Waals surface area (Å²) in [6.07, 6.45) is 0.331. The fourth-order valence-electron chi connectivity index (χ4n) is 3.64. The Kier molecular flexibility index (Phi) is 5.14. The number of rotatable bonds is 5. The molecule has 0 bridgehead atoms. The average Bonchev–Trinajstić information content (AvgIpc) is 2.81. The molecule has 6 heteroatoms. The van der Waals surface area contributed by atoms with Crippen LogP contribution in [0.4, 0.5) is 0 Å². The molecule has 31 heavy (non-hydrogen) atoms. The number of benzene rings is 2. The fourth-order valence-corrected chi connectivity index (χ4v) is 3.64. The van der Waals surface area contributed by atoms with Crippen molar-refractivity contribution in [2.45, 2.75) is 25.7 Å². The van der Waals surface area contributed by atoms with Crippen molar-refractivity contribution in [3.63, 3.8) is 0 Å². The lowest BCUT2D eigenvalue weighted by molar-refractivity contribution is -0.0109. The van der Waals surface area contributed by atoms with E-state index in [0.29, 0.717) is 29.4 Å². The molecule has 0 saturated carbocycles. The SMILES string of the molecule is Cc1ncccc1OC1COc2ccc(OCc3ccc4ccccc4n3)cc2C1O. The van der Waals surface area contributed by atoms with Gasteiger partial charge in [-0.25, -0.2) is 4.98 Å². The molecule has 0 amide bonds. The van der Waals surface area contributed by atoms with Crippen LogP contribution in [0.5, 0.6) is 17.2 Å². The molecule has 156 valence electrons. The molecule has 0 aliphatic carbocycles. The monoisotopic (exact) mass is 414 g/mol. The fraction of sp³-hybridized carbons (Fsp3) is 0.200. The second kappa shape index (κ2) is 8.24. The van der Waals surface area contributed by atoms with E-state index in [0.717, 1.165) is 22.3 Å². The first-order chi connectivity index (χ1) is 15.2. The van der Waals surface area contributed by atoms with Gasteiger partial charge < -0.3 is 19.3 Å². The summed E-state index contributed by atoms with van der Waals surface area (Å²) < 4.78 is 17.7. The quantitative estimate of drug-likeness (QED) is 0.522. The largest absolute Gasteiger partial charge is 0.489 e. The van der Waals surface area contributed by atoms with Crippen LogP contribution in [-0.2, 0) is 6.61 Å². The van der Waals surface area contributed by atoms with Crippen LogP contribution < -0.4 is 14.2 Å². The van der Waals surface area contributed by atoms with Gasteiger partial charge in [0.2, 0.25) is 0 Å². The molecule has 2 aromatic heterocycles. The number of para-hydroxylation sites is 1. The Morgan fingerprint density at radius 3 is 2.87 bits per heavy atom. The highest BCUT2D eigenvalue weighted by atomic mass is 16.5. The van der Waals surface area contributed by atoms with Gasteiger partial charge in [-0.05, 0) is 49.4 Å². The zero-order chi connectivity index (χ0) is 21.2. The number of aliphatic hydroxyl groups is 1. The summed E-state index contributed by atoms with van der Waals surface area (Å²) in [4.78, 5) is 8.86. The van der Waals surface area contributed by atoms with Crippen molar-refractivity contribution in [1.82, 2.24) is 9.97 Å². The minimum Gasteiger partial charge on any atom is -0.489 e. The van der Waals surface area contributed by atoms with Crippen molar-refractivity contribution in [2.24, 2.45) is 0 Å². The van der Waals surface area contributed by atoms with Crippen LogP contribution in [0, 0.1) is 6.92 Å². The molecule has 5 rings (SSSR count). The zero-order valence-electron chi connectivity index (χ0n) is 17.1. The molecule has 1 aliphatic heterocycles. The van der Waals surface area contributed by atoms with Gasteiger partial charge in [-0.3, -0.25) is 4.98 Å². The van der Waals surface area contributed by atoms with Gasteiger partial charge in [0.15, 0.2) is 6.10 Å². The van der Waals surface area contributed by atoms with Gasteiger partial charge in [-0.1, -0.05) is 24.3 Å². The van der Waals surface area contributed by atoms with Crippen LogP contribution >= 0.6 is 0 Å². The number of aryl methyl sites for hydroxylation is 1. The lowest BCUT2D eigenvalue weighted by Crippen LogP contribution is -2.35. The highest BCUT2D eigenvalue weighted by molar-refractivity contribution is 5.78. The first-order valence-electron chi connectivity index (χ1n) is 10.2. The summed E-state index contributed by atoms with van der Waals surface area (Å²) in [6.45, 7) is 2.45. The van der Waals surface area contributed by atoms with Crippen LogP contribution in [-0.4, -0.2) is 27.8 Å². The third-order valence-corrected chi connectivity index (χ3v) is 5.33. The van der Waals surface area contributed by atoms with Gasteiger partial charge in [0, 0.05) is 17.1 Å². The summed E-state index contributed by atoms with van der Waals surface area (Å²) in [5.41, 5.74) is 3.17. The molecule has 6 nitrogen and oxygen atoms in total. The molecule has 2 atom stereocenters. The number of hydrogen-bond acceptors (Lipinski definition) is 6. The summed E-state index contributed by atoms with van der Waals surface area (Å²) in [5, 5.41) is 12.0. The van der Waals surface area contributed by atoms with Crippen LogP contribution in [0.3, 0.4) is 0 Å². The van der Waals surface area contributed by atoms with Crippen molar-refractivity contribution in [3.05, 3.63) is 89.9 Å². The van der Waals surface area contributed by atoms with E-state index in [1.54, 1.807) is 18.3 Å². The van der Waals surface area contributed by atoms with Crippen molar-refractivity contribution in [3.8, 4) is 17.2 Å². The summed E-state index contributed by atoms with van der Waals surface area (Å²) in [5.74, 6) is 1.90. The minimum absolute atomic E-state index is 0.254. The van der Waals surface area contributed by atoms with Crippen molar-refractivity contribution in [1.29, 1.82) is 0 Å². The Labute approximate surface area is 180 Å². The van der Waals surface area contributed by atoms with Crippen molar-refractivity contribution < 1.29 is 19.3 Å². The number of pyridine rings is 2. The smallest absolute Gasteiger partial charge is 0.163 e. The van der Waals surface area contributed by atoms with E-state index in [-0.39, 0.29) is 6.61 Å². The number of aromatic nitrogens is 2. The van der Waals surface area contributed by atoms with Crippen molar-refractivity contribution in [2.75, 3.05) is 6.61 Å². The Morgan fingerprint density at radius 2 is 1.97 bits per heavy atom. The molecule has 3 heterocycles. The summed E-state index contributed by atoms with van der Waals surface area (Å²) in [7, 11) is 0. The van der Waals surface area contributed by atoms with Gasteiger partial charge in [0.25, 0.3) is 0 Å². The number of ether oxygens (including phenoxy) is 3. The highest BCUT2D eigenvalue weighted by Gasteiger charge is 2.32. The normalized spacial score (nSPS) is 17.6.